The highest BCUT2D eigenvalue weighted by atomic mass is 14.9. The average Bonchev–Trinajstić information content (AvgIpc) is 2.17. The Labute approximate surface area is 72.8 Å². The summed E-state index contributed by atoms with van der Waals surface area (Å²) in [6.45, 7) is 1.72. The lowest BCUT2D eigenvalue weighted by Gasteiger charge is -2.20. The molecule has 1 aromatic carbocycles. The molecular weight excluding hydrogens is 148 g/mol. The molecule has 0 unspecified atom stereocenters. The van der Waals surface area contributed by atoms with Crippen LogP contribution in [0.5, 0.6) is 0 Å². The molecule has 1 aliphatic heterocycles. The Morgan fingerprint density at radius 2 is 2.33 bits per heavy atom. The zero-order valence-corrected chi connectivity index (χ0v) is 7.14. The fourth-order valence-corrected chi connectivity index (χ4v) is 1.75. The summed E-state index contributed by atoms with van der Waals surface area (Å²) in [4.78, 5) is 0. The van der Waals surface area contributed by atoms with Crippen molar-refractivity contribution in [2.24, 2.45) is 5.73 Å². The molecule has 1 heterocycles. The topological polar surface area (TPSA) is 38.0 Å². The second-order valence-electron chi connectivity index (χ2n) is 3.19. The fraction of sp³-hybridized carbons (Fsp3) is 0.400. The predicted octanol–water partition coefficient (Wildman–Crippen LogP) is 1.50. The number of anilines is 1. The van der Waals surface area contributed by atoms with Crippen molar-refractivity contribution in [1.82, 2.24) is 0 Å². The summed E-state index contributed by atoms with van der Waals surface area (Å²) < 4.78 is 0. The summed E-state index contributed by atoms with van der Waals surface area (Å²) >= 11 is 0. The molecule has 0 fully saturated rings. The minimum Gasteiger partial charge on any atom is -0.385 e. The monoisotopic (exact) mass is 162 g/mol. The number of nitrogens with two attached hydrogens (primary N) is 1. The van der Waals surface area contributed by atoms with Gasteiger partial charge in [0.25, 0.3) is 0 Å². The molecule has 2 rings (SSSR count). The quantitative estimate of drug-likeness (QED) is 0.656. The zero-order valence-electron chi connectivity index (χ0n) is 7.14. The first-order valence-corrected chi connectivity index (χ1v) is 4.46. The van der Waals surface area contributed by atoms with E-state index in [-0.39, 0.29) is 0 Å². The van der Waals surface area contributed by atoms with Crippen LogP contribution in [0, 0.1) is 0 Å². The van der Waals surface area contributed by atoms with E-state index in [2.05, 4.69) is 23.5 Å². The maximum Gasteiger partial charge on any atom is 0.0418 e. The van der Waals surface area contributed by atoms with Crippen molar-refractivity contribution in [1.29, 1.82) is 0 Å². The van der Waals surface area contributed by atoms with E-state index in [1.54, 1.807) is 0 Å². The van der Waals surface area contributed by atoms with E-state index in [9.17, 15) is 0 Å². The summed E-state index contributed by atoms with van der Waals surface area (Å²) in [7, 11) is 0. The molecule has 0 atom stereocenters. The molecule has 12 heavy (non-hydrogen) atoms. The van der Waals surface area contributed by atoms with Gasteiger partial charge >= 0.3 is 0 Å². The molecule has 0 spiro atoms. The minimum atomic E-state index is 0.635. The van der Waals surface area contributed by atoms with Gasteiger partial charge in [0.2, 0.25) is 0 Å². The van der Waals surface area contributed by atoms with E-state index < -0.39 is 0 Å². The maximum absolute atomic E-state index is 5.63. The van der Waals surface area contributed by atoms with Crippen molar-refractivity contribution >= 4 is 5.69 Å². The van der Waals surface area contributed by atoms with Crippen molar-refractivity contribution in [3.63, 3.8) is 0 Å². The Bertz CT molecular complexity index is 267. The number of hydrogen-bond acceptors (Lipinski definition) is 2. The first-order chi connectivity index (χ1) is 5.92. The third-order valence-corrected chi connectivity index (χ3v) is 2.38. The summed E-state index contributed by atoms with van der Waals surface area (Å²) in [6.07, 6.45) is 2.43. The molecule has 1 aliphatic rings. The predicted molar refractivity (Wildman–Crippen MR) is 51.1 cm³/mol. The van der Waals surface area contributed by atoms with Gasteiger partial charge in [0.1, 0.15) is 0 Å². The Balaban J connectivity index is 2.44. The van der Waals surface area contributed by atoms with Crippen molar-refractivity contribution in [2.45, 2.75) is 19.4 Å². The molecule has 2 heteroatoms. The van der Waals surface area contributed by atoms with Crippen LogP contribution in [-0.4, -0.2) is 6.54 Å². The van der Waals surface area contributed by atoms with Crippen LogP contribution in [0.15, 0.2) is 18.2 Å². The number of hydrogen-bond donors (Lipinski definition) is 2. The van der Waals surface area contributed by atoms with E-state index >= 15 is 0 Å². The lowest BCUT2D eigenvalue weighted by atomic mass is 10.00. The SMILES string of the molecule is NCc1cccc2c1NCCC2. The molecule has 2 nitrogen and oxygen atoms in total. The number of para-hydroxylation sites is 1. The molecular formula is C10H14N2. The second-order valence-corrected chi connectivity index (χ2v) is 3.19. The van der Waals surface area contributed by atoms with Gasteiger partial charge in [-0.05, 0) is 24.0 Å². The third-order valence-electron chi connectivity index (χ3n) is 2.38. The van der Waals surface area contributed by atoms with Crippen molar-refractivity contribution in [2.75, 3.05) is 11.9 Å². The van der Waals surface area contributed by atoms with E-state index in [0.717, 1.165) is 6.54 Å². The molecule has 0 saturated heterocycles. The van der Waals surface area contributed by atoms with Crippen LogP contribution in [0.3, 0.4) is 0 Å². The second kappa shape index (κ2) is 3.15. The third kappa shape index (κ3) is 1.18. The standard InChI is InChI=1S/C10H14N2/c11-7-9-4-1-3-8-5-2-6-12-10(8)9/h1,3-4,12H,2,5-7,11H2. The molecule has 0 radical (unpaired) electrons. The number of aryl methyl sites for hydroxylation is 1. The lowest BCUT2D eigenvalue weighted by Crippen LogP contribution is -2.14. The summed E-state index contributed by atoms with van der Waals surface area (Å²) in [5.41, 5.74) is 9.58. The molecule has 64 valence electrons. The highest BCUT2D eigenvalue weighted by Crippen LogP contribution is 2.25. The van der Waals surface area contributed by atoms with Crippen LogP contribution < -0.4 is 11.1 Å². The molecule has 0 amide bonds. The van der Waals surface area contributed by atoms with Gasteiger partial charge < -0.3 is 11.1 Å². The Morgan fingerprint density at radius 3 is 3.17 bits per heavy atom. The average molecular weight is 162 g/mol. The van der Waals surface area contributed by atoms with Crippen molar-refractivity contribution < 1.29 is 0 Å². The van der Waals surface area contributed by atoms with Gasteiger partial charge in [-0.3, -0.25) is 0 Å². The molecule has 0 aliphatic carbocycles. The maximum atomic E-state index is 5.63. The first-order valence-electron chi connectivity index (χ1n) is 4.46. The van der Waals surface area contributed by atoms with Gasteiger partial charge in [-0.15, -0.1) is 0 Å². The normalized spacial score (nSPS) is 15.1. The fourth-order valence-electron chi connectivity index (χ4n) is 1.75. The van der Waals surface area contributed by atoms with Crippen molar-refractivity contribution in [3.8, 4) is 0 Å². The highest BCUT2D eigenvalue weighted by molar-refractivity contribution is 5.59. The highest BCUT2D eigenvalue weighted by Gasteiger charge is 2.10. The molecule has 0 aromatic heterocycles. The van der Waals surface area contributed by atoms with Gasteiger partial charge in [0.05, 0.1) is 0 Å². The summed E-state index contributed by atoms with van der Waals surface area (Å²) in [6, 6.07) is 6.37. The van der Waals surface area contributed by atoms with Gasteiger partial charge in [0, 0.05) is 18.8 Å². The van der Waals surface area contributed by atoms with E-state index in [0.29, 0.717) is 6.54 Å². The van der Waals surface area contributed by atoms with E-state index in [1.807, 2.05) is 0 Å². The number of fused-ring (bicyclic) bond motifs is 1. The van der Waals surface area contributed by atoms with Crippen LogP contribution >= 0.6 is 0 Å². The summed E-state index contributed by atoms with van der Waals surface area (Å²) in [5, 5.41) is 3.40. The molecule has 3 N–H and O–H groups in total. The van der Waals surface area contributed by atoms with Crippen LogP contribution in [0.2, 0.25) is 0 Å². The van der Waals surface area contributed by atoms with Gasteiger partial charge in [-0.2, -0.15) is 0 Å². The smallest absolute Gasteiger partial charge is 0.0418 e. The lowest BCUT2D eigenvalue weighted by molar-refractivity contribution is 0.823. The van der Waals surface area contributed by atoms with Gasteiger partial charge in [0.15, 0.2) is 0 Å². The van der Waals surface area contributed by atoms with E-state index in [1.165, 1.54) is 29.7 Å². The number of benzene rings is 1. The number of nitrogens with one attached hydrogen (secondary N) is 1. The van der Waals surface area contributed by atoms with Crippen molar-refractivity contribution in [3.05, 3.63) is 29.3 Å². The first kappa shape index (κ1) is 7.62. The van der Waals surface area contributed by atoms with Crippen LogP contribution in [-0.2, 0) is 13.0 Å². The van der Waals surface area contributed by atoms with Crippen LogP contribution in [0.1, 0.15) is 17.5 Å². The molecule has 1 aromatic rings. The Kier molecular flexibility index (Phi) is 2.00. The largest absolute Gasteiger partial charge is 0.385 e. The van der Waals surface area contributed by atoms with Crippen LogP contribution in [0.25, 0.3) is 0 Å². The van der Waals surface area contributed by atoms with Gasteiger partial charge in [-0.25, -0.2) is 0 Å². The summed E-state index contributed by atoms with van der Waals surface area (Å²) in [5.74, 6) is 0. The Hall–Kier alpha value is -1.02. The van der Waals surface area contributed by atoms with E-state index in [4.69, 9.17) is 5.73 Å². The molecule has 0 saturated carbocycles. The minimum absolute atomic E-state index is 0.635. The van der Waals surface area contributed by atoms with Crippen LogP contribution in [0.4, 0.5) is 5.69 Å². The molecule has 0 bridgehead atoms. The van der Waals surface area contributed by atoms with Gasteiger partial charge in [-0.1, -0.05) is 18.2 Å². The zero-order chi connectivity index (χ0) is 8.39. The number of rotatable bonds is 1. The Morgan fingerprint density at radius 1 is 1.42 bits per heavy atom.